The number of hydrogen-bond donors (Lipinski definition) is 1. The number of thiophene rings is 1. The maximum absolute atomic E-state index is 5.66. The second-order valence-corrected chi connectivity index (χ2v) is 4.73. The molecule has 3 rings (SSSR count). The lowest BCUT2D eigenvalue weighted by molar-refractivity contribution is 0.433. The quantitative estimate of drug-likeness (QED) is 0.758. The summed E-state index contributed by atoms with van der Waals surface area (Å²) in [6.07, 6.45) is 1.66. The minimum absolute atomic E-state index is 0.447. The molecule has 2 N–H and O–H groups in total. The monoisotopic (exact) mass is 259 g/mol. The standard InChI is InChI=1S/C11H9N5OS/c1-6-13-5-4-7(14-6)10-15-11(17-16-10)8-2-3-9(12)18-8/h2-5H,12H2,1H3. The third kappa shape index (κ3) is 1.95. The van der Waals surface area contributed by atoms with Gasteiger partial charge in [0.1, 0.15) is 11.5 Å². The summed E-state index contributed by atoms with van der Waals surface area (Å²) in [6.45, 7) is 1.81. The Bertz CT molecular complexity index is 690. The van der Waals surface area contributed by atoms with Crippen LogP contribution in [0.3, 0.4) is 0 Å². The zero-order chi connectivity index (χ0) is 12.5. The Morgan fingerprint density at radius 3 is 2.83 bits per heavy atom. The molecule has 0 spiro atoms. The summed E-state index contributed by atoms with van der Waals surface area (Å²) in [4.78, 5) is 13.4. The van der Waals surface area contributed by atoms with E-state index < -0.39 is 0 Å². The zero-order valence-corrected chi connectivity index (χ0v) is 10.3. The topological polar surface area (TPSA) is 90.7 Å². The van der Waals surface area contributed by atoms with E-state index in [0.717, 1.165) is 4.88 Å². The molecule has 18 heavy (non-hydrogen) atoms. The van der Waals surface area contributed by atoms with Crippen molar-refractivity contribution in [2.24, 2.45) is 0 Å². The van der Waals surface area contributed by atoms with Gasteiger partial charge in [-0.05, 0) is 25.1 Å². The maximum Gasteiger partial charge on any atom is 0.268 e. The fourth-order valence-electron chi connectivity index (χ4n) is 1.48. The molecule has 0 atom stereocenters. The zero-order valence-electron chi connectivity index (χ0n) is 9.49. The lowest BCUT2D eigenvalue weighted by atomic mass is 10.4. The number of nitrogens with zero attached hydrogens (tertiary/aromatic N) is 4. The highest BCUT2D eigenvalue weighted by molar-refractivity contribution is 7.19. The molecule has 0 saturated carbocycles. The SMILES string of the molecule is Cc1nccc(-c2noc(-c3ccc(N)s3)n2)n1. The lowest BCUT2D eigenvalue weighted by Crippen LogP contribution is -1.90. The molecule has 7 heteroatoms. The van der Waals surface area contributed by atoms with Gasteiger partial charge >= 0.3 is 0 Å². The van der Waals surface area contributed by atoms with Crippen LogP contribution in [0.5, 0.6) is 0 Å². The average molecular weight is 259 g/mol. The maximum atomic E-state index is 5.66. The molecule has 90 valence electrons. The fourth-order valence-corrected chi connectivity index (χ4v) is 2.17. The third-order valence-corrected chi connectivity index (χ3v) is 3.17. The Hall–Kier alpha value is -2.28. The molecule has 0 aliphatic heterocycles. The van der Waals surface area contributed by atoms with Crippen LogP contribution in [0, 0.1) is 6.92 Å². The van der Waals surface area contributed by atoms with E-state index in [-0.39, 0.29) is 0 Å². The first-order valence-electron chi connectivity index (χ1n) is 5.22. The van der Waals surface area contributed by atoms with Crippen molar-refractivity contribution in [1.82, 2.24) is 20.1 Å². The summed E-state index contributed by atoms with van der Waals surface area (Å²) in [5.74, 6) is 1.56. The van der Waals surface area contributed by atoms with Gasteiger partial charge in [0, 0.05) is 6.20 Å². The number of rotatable bonds is 2. The largest absolute Gasteiger partial charge is 0.391 e. The first-order chi connectivity index (χ1) is 8.72. The van der Waals surface area contributed by atoms with Crippen LogP contribution in [0.25, 0.3) is 22.3 Å². The summed E-state index contributed by atoms with van der Waals surface area (Å²) < 4.78 is 5.19. The molecule has 0 aliphatic rings. The molecular weight excluding hydrogens is 250 g/mol. The molecule has 0 aliphatic carbocycles. The van der Waals surface area contributed by atoms with Gasteiger partial charge in [-0.1, -0.05) is 5.16 Å². The highest BCUT2D eigenvalue weighted by Gasteiger charge is 2.13. The molecule has 0 saturated heterocycles. The van der Waals surface area contributed by atoms with Crippen LogP contribution in [0.15, 0.2) is 28.9 Å². The van der Waals surface area contributed by atoms with Gasteiger partial charge in [-0.15, -0.1) is 11.3 Å². The summed E-state index contributed by atoms with van der Waals surface area (Å²) in [7, 11) is 0. The minimum Gasteiger partial charge on any atom is -0.391 e. The molecule has 0 fully saturated rings. The van der Waals surface area contributed by atoms with E-state index in [4.69, 9.17) is 10.3 Å². The number of hydrogen-bond acceptors (Lipinski definition) is 7. The molecule has 0 bridgehead atoms. The Kier molecular flexibility index (Phi) is 2.52. The molecule has 0 unspecified atom stereocenters. The Labute approximate surface area is 107 Å². The van der Waals surface area contributed by atoms with Gasteiger partial charge in [-0.2, -0.15) is 4.98 Å². The van der Waals surface area contributed by atoms with Crippen LogP contribution in [-0.4, -0.2) is 20.1 Å². The number of nitrogens with two attached hydrogens (primary N) is 1. The van der Waals surface area contributed by atoms with E-state index in [1.165, 1.54) is 11.3 Å². The van der Waals surface area contributed by atoms with Crippen LogP contribution >= 0.6 is 11.3 Å². The van der Waals surface area contributed by atoms with Crippen molar-refractivity contribution < 1.29 is 4.52 Å². The Morgan fingerprint density at radius 1 is 1.22 bits per heavy atom. The second-order valence-electron chi connectivity index (χ2n) is 3.61. The van der Waals surface area contributed by atoms with E-state index in [1.54, 1.807) is 18.3 Å². The minimum atomic E-state index is 0.447. The average Bonchev–Trinajstić information content (AvgIpc) is 2.97. The van der Waals surface area contributed by atoms with Crippen LogP contribution < -0.4 is 5.73 Å². The molecule has 6 nitrogen and oxygen atoms in total. The van der Waals surface area contributed by atoms with Crippen LogP contribution in [0.2, 0.25) is 0 Å². The molecule has 0 radical (unpaired) electrons. The van der Waals surface area contributed by atoms with Crippen molar-refractivity contribution in [3.05, 3.63) is 30.2 Å². The summed E-state index contributed by atoms with van der Waals surface area (Å²) in [6, 6.07) is 5.39. The van der Waals surface area contributed by atoms with Crippen LogP contribution in [-0.2, 0) is 0 Å². The van der Waals surface area contributed by atoms with Crippen LogP contribution in [0.4, 0.5) is 5.00 Å². The molecule has 0 amide bonds. The molecule has 3 aromatic heterocycles. The van der Waals surface area contributed by atoms with Crippen molar-refractivity contribution in [1.29, 1.82) is 0 Å². The predicted octanol–water partition coefficient (Wildman–Crippen LogP) is 2.15. The number of anilines is 1. The predicted molar refractivity (Wildman–Crippen MR) is 67.8 cm³/mol. The van der Waals surface area contributed by atoms with Crippen molar-refractivity contribution in [3.8, 4) is 22.3 Å². The number of aryl methyl sites for hydroxylation is 1. The Balaban J connectivity index is 1.99. The molecule has 3 heterocycles. The second kappa shape index (κ2) is 4.19. The van der Waals surface area contributed by atoms with Gasteiger partial charge in [-0.3, -0.25) is 0 Å². The highest BCUT2D eigenvalue weighted by atomic mass is 32.1. The smallest absolute Gasteiger partial charge is 0.268 e. The lowest BCUT2D eigenvalue weighted by Gasteiger charge is -1.93. The van der Waals surface area contributed by atoms with E-state index in [1.807, 2.05) is 13.0 Å². The van der Waals surface area contributed by atoms with Gasteiger partial charge in [-0.25, -0.2) is 9.97 Å². The van der Waals surface area contributed by atoms with E-state index in [0.29, 0.717) is 28.2 Å². The third-order valence-electron chi connectivity index (χ3n) is 2.27. The van der Waals surface area contributed by atoms with Crippen LogP contribution in [0.1, 0.15) is 5.82 Å². The van der Waals surface area contributed by atoms with E-state index in [2.05, 4.69) is 20.1 Å². The van der Waals surface area contributed by atoms with Crippen molar-refractivity contribution in [3.63, 3.8) is 0 Å². The van der Waals surface area contributed by atoms with Gasteiger partial charge in [0.2, 0.25) is 5.82 Å². The Morgan fingerprint density at radius 2 is 2.11 bits per heavy atom. The summed E-state index contributed by atoms with van der Waals surface area (Å²) in [5, 5.41) is 4.61. The van der Waals surface area contributed by atoms with Gasteiger partial charge in [0.25, 0.3) is 5.89 Å². The first kappa shape index (κ1) is 10.8. The highest BCUT2D eigenvalue weighted by Crippen LogP contribution is 2.29. The van der Waals surface area contributed by atoms with Crippen molar-refractivity contribution >= 4 is 16.3 Å². The van der Waals surface area contributed by atoms with Gasteiger partial charge in [0.15, 0.2) is 0 Å². The van der Waals surface area contributed by atoms with E-state index in [9.17, 15) is 0 Å². The molecule has 3 aromatic rings. The van der Waals surface area contributed by atoms with Crippen molar-refractivity contribution in [2.45, 2.75) is 6.92 Å². The van der Waals surface area contributed by atoms with Crippen molar-refractivity contribution in [2.75, 3.05) is 5.73 Å². The number of aromatic nitrogens is 4. The molecular formula is C11H9N5OS. The number of nitrogen functional groups attached to an aromatic ring is 1. The first-order valence-corrected chi connectivity index (χ1v) is 6.03. The van der Waals surface area contributed by atoms with Gasteiger partial charge < -0.3 is 10.3 Å². The molecule has 0 aromatic carbocycles. The fraction of sp³-hybridized carbons (Fsp3) is 0.0909. The summed E-state index contributed by atoms with van der Waals surface area (Å²) in [5.41, 5.74) is 6.30. The normalized spacial score (nSPS) is 10.7. The summed E-state index contributed by atoms with van der Waals surface area (Å²) >= 11 is 1.40. The van der Waals surface area contributed by atoms with E-state index >= 15 is 0 Å². The van der Waals surface area contributed by atoms with Gasteiger partial charge in [0.05, 0.1) is 9.88 Å².